The normalized spacial score (nSPS) is 53.7. The average molecular weight is 481 g/mol. The Labute approximate surface area is 192 Å². The van der Waals surface area contributed by atoms with E-state index in [0.717, 1.165) is 0 Å². The van der Waals surface area contributed by atoms with Gasteiger partial charge in [0, 0.05) is 24.5 Å². The summed E-state index contributed by atoms with van der Waals surface area (Å²) in [6.45, 7) is 3.29. The van der Waals surface area contributed by atoms with Gasteiger partial charge in [0.15, 0.2) is 12.6 Å². The first-order valence-electron chi connectivity index (χ1n) is 11.4. The maximum absolute atomic E-state index is 11.1. The van der Waals surface area contributed by atoms with Crippen molar-refractivity contribution in [2.45, 2.75) is 99.8 Å². The fraction of sp³-hybridized carbons (Fsp3) is 1.00. The van der Waals surface area contributed by atoms with Crippen LogP contribution in [0.4, 0.5) is 0 Å². The average Bonchev–Trinajstić information content (AvgIpc) is 2.79. The van der Waals surface area contributed by atoms with Crippen molar-refractivity contribution >= 4 is 0 Å². The summed E-state index contributed by atoms with van der Waals surface area (Å²) in [6, 6.07) is -2.50. The highest BCUT2D eigenvalue weighted by atomic mass is 16.7. The molecule has 2 heterocycles. The van der Waals surface area contributed by atoms with Crippen LogP contribution in [0.3, 0.4) is 0 Å². The summed E-state index contributed by atoms with van der Waals surface area (Å²) in [5, 5.41) is 51.3. The second-order valence-electron chi connectivity index (χ2n) is 9.53. The first kappa shape index (κ1) is 27.1. The molecule has 0 spiro atoms. The van der Waals surface area contributed by atoms with Gasteiger partial charge in [0.05, 0.1) is 24.9 Å². The smallest absolute Gasteiger partial charge is 0.186 e. The molecule has 33 heavy (non-hydrogen) atoms. The van der Waals surface area contributed by atoms with Crippen molar-refractivity contribution in [3.63, 3.8) is 0 Å². The van der Waals surface area contributed by atoms with E-state index < -0.39 is 86.1 Å². The third-order valence-electron chi connectivity index (χ3n) is 7.30. The largest absolute Gasteiger partial charge is 0.394 e. The van der Waals surface area contributed by atoms with Gasteiger partial charge in [0.1, 0.15) is 36.6 Å². The zero-order chi connectivity index (χ0) is 24.6. The van der Waals surface area contributed by atoms with Crippen LogP contribution >= 0.6 is 0 Å². The predicted molar refractivity (Wildman–Crippen MR) is 114 cm³/mol. The van der Waals surface area contributed by atoms with Crippen molar-refractivity contribution < 1.29 is 44.5 Å². The maximum atomic E-state index is 11.1. The standard InChI is InChI=1S/C20H40N4O9/c1-6-7(2)19(30-10(4-21)13(6)26)32-17-8(22)3-9(23)18(16(17)29)33-20-15(28)12(24)14(27)11(5-25)31-20/h6-20,25-29H,3-5,21-24H2,1-2H3. The van der Waals surface area contributed by atoms with E-state index >= 15 is 0 Å². The zero-order valence-electron chi connectivity index (χ0n) is 19.0. The van der Waals surface area contributed by atoms with E-state index in [1.807, 2.05) is 13.8 Å². The van der Waals surface area contributed by atoms with E-state index in [2.05, 4.69) is 0 Å². The quantitative estimate of drug-likeness (QED) is 0.174. The van der Waals surface area contributed by atoms with Gasteiger partial charge in [-0.15, -0.1) is 0 Å². The summed E-state index contributed by atoms with van der Waals surface area (Å²) in [5.74, 6) is -0.386. The third-order valence-corrected chi connectivity index (χ3v) is 7.30. The molecule has 0 bridgehead atoms. The van der Waals surface area contributed by atoms with E-state index in [-0.39, 0.29) is 24.8 Å². The van der Waals surface area contributed by atoms with Crippen LogP contribution in [0.2, 0.25) is 0 Å². The molecule has 0 aromatic heterocycles. The molecule has 13 N–H and O–H groups in total. The van der Waals surface area contributed by atoms with E-state index in [1.165, 1.54) is 0 Å². The van der Waals surface area contributed by atoms with E-state index in [9.17, 15) is 25.5 Å². The molecule has 0 aromatic carbocycles. The molecule has 0 aromatic rings. The molecular weight excluding hydrogens is 440 g/mol. The topological polar surface area (TPSA) is 242 Å². The van der Waals surface area contributed by atoms with E-state index in [0.29, 0.717) is 0 Å². The summed E-state index contributed by atoms with van der Waals surface area (Å²) in [6.07, 6.45) is -10.4. The number of hydrogen-bond acceptors (Lipinski definition) is 13. The van der Waals surface area contributed by atoms with E-state index in [1.54, 1.807) is 0 Å². The Morgan fingerprint density at radius 1 is 0.758 bits per heavy atom. The van der Waals surface area contributed by atoms with Crippen molar-refractivity contribution in [1.29, 1.82) is 0 Å². The lowest BCUT2D eigenvalue weighted by atomic mass is 9.82. The number of nitrogens with two attached hydrogens (primary N) is 4. The van der Waals surface area contributed by atoms with Gasteiger partial charge in [-0.2, -0.15) is 0 Å². The zero-order valence-corrected chi connectivity index (χ0v) is 19.0. The number of ether oxygens (including phenoxy) is 4. The summed E-state index contributed by atoms with van der Waals surface area (Å²) in [7, 11) is 0. The Hall–Kier alpha value is -0.520. The van der Waals surface area contributed by atoms with Crippen LogP contribution in [-0.4, -0.2) is 118 Å². The van der Waals surface area contributed by atoms with Crippen LogP contribution < -0.4 is 22.9 Å². The lowest BCUT2D eigenvalue weighted by Gasteiger charge is -2.48. The van der Waals surface area contributed by atoms with Gasteiger partial charge in [-0.1, -0.05) is 13.8 Å². The van der Waals surface area contributed by atoms with E-state index in [4.69, 9.17) is 41.9 Å². The third kappa shape index (κ3) is 5.35. The van der Waals surface area contributed by atoms with Crippen LogP contribution in [0.15, 0.2) is 0 Å². The first-order valence-corrected chi connectivity index (χ1v) is 11.4. The minimum atomic E-state index is -1.42. The molecule has 13 heteroatoms. The Morgan fingerprint density at radius 3 is 1.85 bits per heavy atom. The molecule has 0 radical (unpaired) electrons. The molecular formula is C20H40N4O9. The molecule has 3 aliphatic rings. The molecule has 3 fully saturated rings. The second-order valence-corrected chi connectivity index (χ2v) is 9.53. The lowest BCUT2D eigenvalue weighted by Crippen LogP contribution is -2.68. The predicted octanol–water partition coefficient (Wildman–Crippen LogP) is -4.74. The molecule has 2 saturated heterocycles. The molecule has 0 amide bonds. The van der Waals surface area contributed by atoms with Crippen molar-refractivity contribution in [2.24, 2.45) is 34.8 Å². The number of aliphatic hydroxyl groups is 5. The van der Waals surface area contributed by atoms with Gasteiger partial charge in [-0.3, -0.25) is 0 Å². The maximum Gasteiger partial charge on any atom is 0.186 e. The van der Waals surface area contributed by atoms with Gasteiger partial charge in [0.2, 0.25) is 0 Å². The fourth-order valence-electron chi connectivity index (χ4n) is 4.80. The van der Waals surface area contributed by atoms with Gasteiger partial charge < -0.3 is 67.4 Å². The van der Waals surface area contributed by atoms with Crippen LogP contribution in [0, 0.1) is 11.8 Å². The second kappa shape index (κ2) is 11.0. The highest BCUT2D eigenvalue weighted by Crippen LogP contribution is 2.35. The van der Waals surface area contributed by atoms with Crippen LogP contribution in [0.25, 0.3) is 0 Å². The molecule has 1 saturated carbocycles. The minimum Gasteiger partial charge on any atom is -0.394 e. The summed E-state index contributed by atoms with van der Waals surface area (Å²) in [4.78, 5) is 0. The highest BCUT2D eigenvalue weighted by molar-refractivity contribution is 5.01. The van der Waals surface area contributed by atoms with Crippen molar-refractivity contribution in [1.82, 2.24) is 0 Å². The van der Waals surface area contributed by atoms with Crippen LogP contribution in [-0.2, 0) is 18.9 Å². The SMILES string of the molecule is CC1C(OC2C(N)CC(N)C(OC3OC(CO)C(O)C(N)C3O)C2O)OC(CN)C(O)C1C. The fourth-order valence-corrected chi connectivity index (χ4v) is 4.80. The number of aliphatic hydroxyl groups excluding tert-OH is 5. The molecule has 13 nitrogen and oxygen atoms in total. The van der Waals surface area contributed by atoms with Gasteiger partial charge in [-0.25, -0.2) is 0 Å². The highest BCUT2D eigenvalue weighted by Gasteiger charge is 2.50. The monoisotopic (exact) mass is 480 g/mol. The Morgan fingerprint density at radius 2 is 1.30 bits per heavy atom. The number of hydrogen-bond donors (Lipinski definition) is 9. The minimum absolute atomic E-state index is 0.100. The first-order chi connectivity index (χ1) is 15.5. The van der Waals surface area contributed by atoms with Crippen LogP contribution in [0.1, 0.15) is 20.3 Å². The summed E-state index contributed by atoms with van der Waals surface area (Å²) in [5.41, 5.74) is 24.0. The summed E-state index contributed by atoms with van der Waals surface area (Å²) >= 11 is 0. The molecule has 1 aliphatic carbocycles. The van der Waals surface area contributed by atoms with Crippen molar-refractivity contribution in [3.8, 4) is 0 Å². The molecule has 15 unspecified atom stereocenters. The Kier molecular flexibility index (Phi) is 9.05. The van der Waals surface area contributed by atoms with Crippen molar-refractivity contribution in [3.05, 3.63) is 0 Å². The molecule has 194 valence electrons. The van der Waals surface area contributed by atoms with Crippen LogP contribution in [0.5, 0.6) is 0 Å². The molecule has 2 aliphatic heterocycles. The summed E-state index contributed by atoms with van der Waals surface area (Å²) < 4.78 is 23.2. The number of rotatable bonds is 6. The molecule has 3 rings (SSSR count). The lowest BCUT2D eigenvalue weighted by molar-refractivity contribution is -0.320. The van der Waals surface area contributed by atoms with Gasteiger partial charge >= 0.3 is 0 Å². The van der Waals surface area contributed by atoms with Gasteiger partial charge in [0.25, 0.3) is 0 Å². The Bertz CT molecular complexity index is 582. The Balaban J connectivity index is 1.72. The van der Waals surface area contributed by atoms with Gasteiger partial charge in [-0.05, 0) is 12.3 Å². The van der Waals surface area contributed by atoms with Crippen molar-refractivity contribution in [2.75, 3.05) is 13.2 Å². The molecule has 15 atom stereocenters.